The lowest BCUT2D eigenvalue weighted by Gasteiger charge is -2.10. The summed E-state index contributed by atoms with van der Waals surface area (Å²) < 4.78 is 11.1. The van der Waals surface area contributed by atoms with E-state index in [1.165, 1.54) is 0 Å². The predicted molar refractivity (Wildman–Crippen MR) is 85.0 cm³/mol. The zero-order valence-corrected chi connectivity index (χ0v) is 13.0. The van der Waals surface area contributed by atoms with Crippen LogP contribution in [-0.4, -0.2) is 10.1 Å². The molecule has 2 aromatic carbocycles. The van der Waals surface area contributed by atoms with E-state index in [9.17, 15) is 0 Å². The summed E-state index contributed by atoms with van der Waals surface area (Å²) in [5, 5.41) is 4.64. The van der Waals surface area contributed by atoms with E-state index in [1.807, 2.05) is 50.2 Å². The van der Waals surface area contributed by atoms with Gasteiger partial charge < -0.3 is 9.26 Å². The standard InChI is InChI=1S/C17H15ClN2O2/c1-11-5-3-6-13(9-11)16-19-17(22-20-16)12(2)21-15-8-4-7-14(18)10-15/h3-10,12H,1-2H3/t12-/m0/s1. The van der Waals surface area contributed by atoms with Crippen LogP contribution in [0.25, 0.3) is 11.4 Å². The topological polar surface area (TPSA) is 48.2 Å². The van der Waals surface area contributed by atoms with Crippen LogP contribution < -0.4 is 4.74 Å². The van der Waals surface area contributed by atoms with Crippen molar-refractivity contribution in [3.05, 3.63) is 65.0 Å². The predicted octanol–water partition coefficient (Wildman–Crippen LogP) is 4.84. The minimum Gasteiger partial charge on any atom is -0.481 e. The molecule has 0 radical (unpaired) electrons. The molecule has 0 amide bonds. The van der Waals surface area contributed by atoms with Crippen molar-refractivity contribution in [1.29, 1.82) is 0 Å². The van der Waals surface area contributed by atoms with Crippen molar-refractivity contribution in [3.63, 3.8) is 0 Å². The Labute approximate surface area is 133 Å². The van der Waals surface area contributed by atoms with Gasteiger partial charge in [0.15, 0.2) is 6.10 Å². The highest BCUT2D eigenvalue weighted by molar-refractivity contribution is 6.30. The van der Waals surface area contributed by atoms with Gasteiger partial charge in [-0.25, -0.2) is 0 Å². The Morgan fingerprint density at radius 1 is 1.14 bits per heavy atom. The SMILES string of the molecule is Cc1cccc(-c2noc([C@H](C)Oc3cccc(Cl)c3)n2)c1. The molecule has 0 saturated carbocycles. The van der Waals surface area contributed by atoms with Gasteiger partial charge in [-0.05, 0) is 38.1 Å². The van der Waals surface area contributed by atoms with Crippen molar-refractivity contribution in [3.8, 4) is 17.1 Å². The molecular weight excluding hydrogens is 300 g/mol. The first-order chi connectivity index (χ1) is 10.6. The van der Waals surface area contributed by atoms with Crippen LogP contribution in [0.5, 0.6) is 5.75 Å². The molecule has 0 aliphatic rings. The smallest absolute Gasteiger partial charge is 0.267 e. The van der Waals surface area contributed by atoms with Crippen molar-refractivity contribution in [1.82, 2.24) is 10.1 Å². The lowest BCUT2D eigenvalue weighted by Crippen LogP contribution is -2.03. The lowest BCUT2D eigenvalue weighted by molar-refractivity contribution is 0.176. The van der Waals surface area contributed by atoms with Gasteiger partial charge in [-0.1, -0.05) is 46.6 Å². The average molecular weight is 315 g/mol. The normalized spacial score (nSPS) is 12.1. The van der Waals surface area contributed by atoms with Crippen molar-refractivity contribution in [2.24, 2.45) is 0 Å². The minimum absolute atomic E-state index is 0.357. The molecule has 0 bridgehead atoms. The zero-order valence-electron chi connectivity index (χ0n) is 12.3. The summed E-state index contributed by atoms with van der Waals surface area (Å²) in [4.78, 5) is 4.40. The molecule has 0 saturated heterocycles. The Morgan fingerprint density at radius 2 is 1.95 bits per heavy atom. The molecule has 112 valence electrons. The fourth-order valence-corrected chi connectivity index (χ4v) is 2.28. The number of hydrogen-bond donors (Lipinski definition) is 0. The molecule has 0 N–H and O–H groups in total. The number of hydrogen-bond acceptors (Lipinski definition) is 4. The van der Waals surface area contributed by atoms with E-state index in [0.29, 0.717) is 22.5 Å². The maximum absolute atomic E-state index is 5.94. The minimum atomic E-state index is -0.357. The first kappa shape index (κ1) is 14.6. The van der Waals surface area contributed by atoms with Crippen LogP contribution in [-0.2, 0) is 0 Å². The van der Waals surface area contributed by atoms with Gasteiger partial charge in [0.25, 0.3) is 5.89 Å². The fraction of sp³-hybridized carbons (Fsp3) is 0.176. The number of aromatic nitrogens is 2. The van der Waals surface area contributed by atoms with E-state index in [1.54, 1.807) is 12.1 Å². The third kappa shape index (κ3) is 3.28. The Kier molecular flexibility index (Phi) is 4.11. The second-order valence-corrected chi connectivity index (χ2v) is 5.48. The maximum Gasteiger partial charge on any atom is 0.267 e. The fourth-order valence-electron chi connectivity index (χ4n) is 2.10. The summed E-state index contributed by atoms with van der Waals surface area (Å²) in [7, 11) is 0. The quantitative estimate of drug-likeness (QED) is 0.691. The molecule has 22 heavy (non-hydrogen) atoms. The highest BCUT2D eigenvalue weighted by atomic mass is 35.5. The highest BCUT2D eigenvalue weighted by Gasteiger charge is 2.17. The van der Waals surface area contributed by atoms with Crippen molar-refractivity contribution < 1.29 is 9.26 Å². The summed E-state index contributed by atoms with van der Waals surface area (Å²) in [6, 6.07) is 15.2. The molecule has 1 heterocycles. The third-order valence-corrected chi connectivity index (χ3v) is 3.41. The molecule has 1 aromatic heterocycles. The number of nitrogens with zero attached hydrogens (tertiary/aromatic N) is 2. The number of halogens is 1. The van der Waals surface area contributed by atoms with Crippen LogP contribution in [0.1, 0.15) is 24.5 Å². The number of benzene rings is 2. The third-order valence-electron chi connectivity index (χ3n) is 3.17. The van der Waals surface area contributed by atoms with Gasteiger partial charge in [-0.2, -0.15) is 4.98 Å². The van der Waals surface area contributed by atoms with E-state index >= 15 is 0 Å². The largest absolute Gasteiger partial charge is 0.481 e. The second-order valence-electron chi connectivity index (χ2n) is 5.04. The van der Waals surface area contributed by atoms with Crippen molar-refractivity contribution in [2.75, 3.05) is 0 Å². The summed E-state index contributed by atoms with van der Waals surface area (Å²) in [5.41, 5.74) is 2.07. The summed E-state index contributed by atoms with van der Waals surface area (Å²) in [6.45, 7) is 3.88. The first-order valence-electron chi connectivity index (χ1n) is 6.95. The van der Waals surface area contributed by atoms with E-state index in [0.717, 1.165) is 11.1 Å². The van der Waals surface area contributed by atoms with E-state index in [4.69, 9.17) is 20.9 Å². The summed E-state index contributed by atoms with van der Waals surface area (Å²) in [6.07, 6.45) is -0.357. The van der Waals surface area contributed by atoms with Crippen molar-refractivity contribution >= 4 is 11.6 Å². The van der Waals surface area contributed by atoms with Gasteiger partial charge in [0.2, 0.25) is 5.82 Å². The van der Waals surface area contributed by atoms with Crippen LogP contribution in [0.4, 0.5) is 0 Å². The van der Waals surface area contributed by atoms with Gasteiger partial charge >= 0.3 is 0 Å². The van der Waals surface area contributed by atoms with Crippen LogP contribution in [0.3, 0.4) is 0 Å². The van der Waals surface area contributed by atoms with Gasteiger partial charge in [0.05, 0.1) is 0 Å². The van der Waals surface area contributed by atoms with Gasteiger partial charge in [-0.3, -0.25) is 0 Å². The van der Waals surface area contributed by atoms with Gasteiger partial charge in [0, 0.05) is 10.6 Å². The van der Waals surface area contributed by atoms with E-state index in [2.05, 4.69) is 10.1 Å². The van der Waals surface area contributed by atoms with Crippen LogP contribution >= 0.6 is 11.6 Å². The monoisotopic (exact) mass is 314 g/mol. The molecule has 0 aliphatic heterocycles. The zero-order chi connectivity index (χ0) is 15.5. The molecule has 0 spiro atoms. The highest BCUT2D eigenvalue weighted by Crippen LogP contribution is 2.25. The number of aryl methyl sites for hydroxylation is 1. The van der Waals surface area contributed by atoms with E-state index in [-0.39, 0.29) is 6.10 Å². The van der Waals surface area contributed by atoms with Crippen LogP contribution in [0, 0.1) is 6.92 Å². The number of rotatable bonds is 4. The Hall–Kier alpha value is -2.33. The molecule has 0 aliphatic carbocycles. The summed E-state index contributed by atoms with van der Waals surface area (Å²) in [5.74, 6) is 1.65. The second kappa shape index (κ2) is 6.20. The lowest BCUT2D eigenvalue weighted by atomic mass is 10.1. The summed E-state index contributed by atoms with van der Waals surface area (Å²) >= 11 is 5.94. The molecule has 0 unspecified atom stereocenters. The first-order valence-corrected chi connectivity index (χ1v) is 7.32. The Morgan fingerprint density at radius 3 is 2.73 bits per heavy atom. The molecular formula is C17H15ClN2O2. The van der Waals surface area contributed by atoms with E-state index < -0.39 is 0 Å². The van der Waals surface area contributed by atoms with Gasteiger partial charge in [0.1, 0.15) is 5.75 Å². The molecule has 3 rings (SSSR count). The Bertz CT molecular complexity index is 786. The molecule has 4 nitrogen and oxygen atoms in total. The van der Waals surface area contributed by atoms with Crippen molar-refractivity contribution in [2.45, 2.75) is 20.0 Å². The Balaban J connectivity index is 1.78. The van der Waals surface area contributed by atoms with Crippen LogP contribution in [0.2, 0.25) is 5.02 Å². The molecule has 0 fully saturated rings. The maximum atomic E-state index is 5.94. The molecule has 5 heteroatoms. The molecule has 1 atom stereocenters. The van der Waals surface area contributed by atoms with Crippen LogP contribution in [0.15, 0.2) is 53.1 Å². The average Bonchev–Trinajstić information content (AvgIpc) is 2.97. The van der Waals surface area contributed by atoms with Gasteiger partial charge in [-0.15, -0.1) is 0 Å². The number of ether oxygens (including phenoxy) is 1. The molecule has 3 aromatic rings.